The highest BCUT2D eigenvalue weighted by Crippen LogP contribution is 2.31. The van der Waals surface area contributed by atoms with Crippen molar-refractivity contribution in [3.8, 4) is 5.75 Å². The monoisotopic (exact) mass is 397 g/mol. The van der Waals surface area contributed by atoms with E-state index in [0.29, 0.717) is 0 Å². The van der Waals surface area contributed by atoms with Gasteiger partial charge in [0.25, 0.3) is 5.69 Å². The van der Waals surface area contributed by atoms with E-state index in [-0.39, 0.29) is 16.2 Å². The van der Waals surface area contributed by atoms with Crippen molar-refractivity contribution in [3.63, 3.8) is 0 Å². The maximum absolute atomic E-state index is 13.1. The minimum Gasteiger partial charge on any atom is -0.423 e. The summed E-state index contributed by atoms with van der Waals surface area (Å²) in [6, 6.07) is 17.2. The number of sulfone groups is 1. The number of carbonyl (C=O) groups is 1. The van der Waals surface area contributed by atoms with Crippen molar-refractivity contribution in [3.05, 3.63) is 94.0 Å². The average Bonchev–Trinajstić information content (AvgIpc) is 2.68. The van der Waals surface area contributed by atoms with Gasteiger partial charge in [-0.15, -0.1) is 0 Å². The number of benzene rings is 3. The van der Waals surface area contributed by atoms with Crippen LogP contribution in [0, 0.1) is 17.0 Å². The lowest BCUT2D eigenvalue weighted by Crippen LogP contribution is -2.15. The lowest BCUT2D eigenvalue weighted by Gasteiger charge is -2.11. The molecule has 0 saturated carbocycles. The van der Waals surface area contributed by atoms with E-state index in [1.54, 1.807) is 18.2 Å². The summed E-state index contributed by atoms with van der Waals surface area (Å²) >= 11 is 0. The molecule has 3 rings (SSSR count). The number of para-hydroxylation sites is 1. The maximum Gasteiger partial charge on any atom is 0.344 e. The molecule has 0 radical (unpaired) electrons. The first-order valence-corrected chi connectivity index (χ1v) is 9.65. The van der Waals surface area contributed by atoms with Crippen LogP contribution >= 0.6 is 0 Å². The number of carbonyl (C=O) groups excluding carboxylic acids is 1. The summed E-state index contributed by atoms with van der Waals surface area (Å²) in [6.07, 6.45) is 0. The summed E-state index contributed by atoms with van der Waals surface area (Å²) in [5.74, 6) is -0.605. The van der Waals surface area contributed by atoms with Crippen LogP contribution in [0.4, 0.5) is 5.69 Å². The van der Waals surface area contributed by atoms with Crippen molar-refractivity contribution in [2.45, 2.75) is 16.7 Å². The van der Waals surface area contributed by atoms with Crippen molar-refractivity contribution >= 4 is 21.5 Å². The summed E-state index contributed by atoms with van der Waals surface area (Å²) in [6.45, 7) is 1.82. The predicted molar refractivity (Wildman–Crippen MR) is 101 cm³/mol. The first-order valence-electron chi connectivity index (χ1n) is 8.17. The molecule has 0 N–H and O–H groups in total. The van der Waals surface area contributed by atoms with Gasteiger partial charge in [0.15, 0.2) is 0 Å². The van der Waals surface area contributed by atoms with E-state index in [4.69, 9.17) is 4.74 Å². The smallest absolute Gasteiger partial charge is 0.344 e. The van der Waals surface area contributed by atoms with Crippen molar-refractivity contribution in [2.24, 2.45) is 0 Å². The minimum absolute atomic E-state index is 0.206. The number of hydrogen-bond donors (Lipinski definition) is 0. The average molecular weight is 397 g/mol. The minimum atomic E-state index is -4.33. The Balaban J connectivity index is 2.07. The molecule has 0 atom stereocenters. The Morgan fingerprint density at radius 2 is 1.57 bits per heavy atom. The fraction of sp³-hybridized carbons (Fsp3) is 0.0500. The molecule has 3 aromatic carbocycles. The standard InChI is InChI=1S/C20H15NO6S/c1-14-7-6-8-15(13-14)27-20(22)16-9-2-4-11-18(16)28(25,26)19-12-5-3-10-17(19)21(23)24/h2-13H,1H3. The molecule has 0 spiro atoms. The van der Waals surface area contributed by atoms with Gasteiger partial charge >= 0.3 is 5.97 Å². The first kappa shape index (κ1) is 19.2. The van der Waals surface area contributed by atoms with Crippen LogP contribution in [-0.2, 0) is 9.84 Å². The molecule has 142 valence electrons. The Morgan fingerprint density at radius 3 is 2.25 bits per heavy atom. The van der Waals surface area contributed by atoms with Crippen molar-refractivity contribution in [2.75, 3.05) is 0 Å². The highest BCUT2D eigenvalue weighted by Gasteiger charge is 2.31. The number of nitro groups is 1. The molecule has 7 nitrogen and oxygen atoms in total. The topological polar surface area (TPSA) is 104 Å². The van der Waals surface area contributed by atoms with Gasteiger partial charge in [-0.05, 0) is 42.8 Å². The van der Waals surface area contributed by atoms with E-state index in [1.165, 1.54) is 36.4 Å². The molecule has 0 heterocycles. The second-order valence-electron chi connectivity index (χ2n) is 5.93. The molecule has 0 aliphatic heterocycles. The van der Waals surface area contributed by atoms with Crippen molar-refractivity contribution < 1.29 is 22.9 Å². The molecule has 28 heavy (non-hydrogen) atoms. The van der Waals surface area contributed by atoms with E-state index in [0.717, 1.165) is 17.7 Å². The SMILES string of the molecule is Cc1cccc(OC(=O)c2ccccc2S(=O)(=O)c2ccccc2[N+](=O)[O-])c1. The molecular formula is C20H15NO6S. The third-order valence-electron chi connectivity index (χ3n) is 3.95. The molecule has 0 fully saturated rings. The van der Waals surface area contributed by atoms with Gasteiger partial charge in [-0.3, -0.25) is 10.1 Å². The molecule has 3 aromatic rings. The van der Waals surface area contributed by atoms with E-state index >= 15 is 0 Å². The van der Waals surface area contributed by atoms with Crippen LogP contribution in [0.25, 0.3) is 0 Å². The third kappa shape index (κ3) is 3.77. The van der Waals surface area contributed by atoms with Gasteiger partial charge in [-0.2, -0.15) is 0 Å². The second-order valence-corrected chi connectivity index (χ2v) is 7.82. The Labute approximate surface area is 161 Å². The van der Waals surface area contributed by atoms with Crippen molar-refractivity contribution in [1.82, 2.24) is 0 Å². The molecule has 0 aliphatic carbocycles. The Morgan fingerprint density at radius 1 is 0.929 bits per heavy atom. The molecular weight excluding hydrogens is 382 g/mol. The number of nitro benzene ring substituents is 1. The zero-order chi connectivity index (χ0) is 20.3. The highest BCUT2D eigenvalue weighted by atomic mass is 32.2. The summed E-state index contributed by atoms with van der Waals surface area (Å²) in [5.41, 5.74) is 0.0950. The van der Waals surface area contributed by atoms with Crippen LogP contribution in [0.15, 0.2) is 82.6 Å². The Kier molecular flexibility index (Phi) is 5.23. The normalized spacial score (nSPS) is 11.0. The fourth-order valence-corrected chi connectivity index (χ4v) is 4.28. The summed E-state index contributed by atoms with van der Waals surface area (Å²) in [4.78, 5) is 22.2. The van der Waals surface area contributed by atoms with Gasteiger partial charge in [0, 0.05) is 6.07 Å². The van der Waals surface area contributed by atoms with Gasteiger partial charge in [-0.1, -0.05) is 36.4 Å². The molecule has 0 bridgehead atoms. The molecule has 0 amide bonds. The first-order chi connectivity index (χ1) is 13.3. The number of esters is 1. The van der Waals surface area contributed by atoms with Gasteiger partial charge in [-0.25, -0.2) is 13.2 Å². The van der Waals surface area contributed by atoms with E-state index in [2.05, 4.69) is 0 Å². The van der Waals surface area contributed by atoms with Crippen LogP contribution in [0.5, 0.6) is 5.75 Å². The highest BCUT2D eigenvalue weighted by molar-refractivity contribution is 7.91. The number of aryl methyl sites for hydroxylation is 1. The zero-order valence-electron chi connectivity index (χ0n) is 14.7. The van der Waals surface area contributed by atoms with Crippen LogP contribution < -0.4 is 4.74 Å². The van der Waals surface area contributed by atoms with E-state index < -0.39 is 31.3 Å². The number of hydrogen-bond acceptors (Lipinski definition) is 6. The molecule has 8 heteroatoms. The second kappa shape index (κ2) is 7.61. The van der Waals surface area contributed by atoms with E-state index in [1.807, 2.05) is 13.0 Å². The number of rotatable bonds is 5. The Hall–Kier alpha value is -3.52. The molecule has 0 aliphatic rings. The van der Waals surface area contributed by atoms with Crippen molar-refractivity contribution in [1.29, 1.82) is 0 Å². The van der Waals surface area contributed by atoms with E-state index in [9.17, 15) is 23.3 Å². The summed E-state index contributed by atoms with van der Waals surface area (Å²) < 4.78 is 31.5. The predicted octanol–water partition coefficient (Wildman–Crippen LogP) is 3.96. The molecule has 0 unspecified atom stereocenters. The lowest BCUT2D eigenvalue weighted by molar-refractivity contribution is -0.387. The fourth-order valence-electron chi connectivity index (χ4n) is 2.66. The molecule has 0 aromatic heterocycles. The zero-order valence-corrected chi connectivity index (χ0v) is 15.5. The van der Waals surface area contributed by atoms with Crippen LogP contribution in [0.2, 0.25) is 0 Å². The van der Waals surface area contributed by atoms with Crippen LogP contribution in [0.1, 0.15) is 15.9 Å². The Bertz CT molecular complexity index is 1170. The van der Waals surface area contributed by atoms with Crippen LogP contribution in [0.3, 0.4) is 0 Å². The maximum atomic E-state index is 13.1. The largest absolute Gasteiger partial charge is 0.423 e. The van der Waals surface area contributed by atoms with Gasteiger partial charge < -0.3 is 4.74 Å². The number of nitrogens with zero attached hydrogens (tertiary/aromatic N) is 1. The summed E-state index contributed by atoms with van der Waals surface area (Å²) in [7, 11) is -4.33. The third-order valence-corrected chi connectivity index (χ3v) is 5.81. The quantitative estimate of drug-likeness (QED) is 0.279. The number of ether oxygens (including phenoxy) is 1. The van der Waals surface area contributed by atoms with Gasteiger partial charge in [0.1, 0.15) is 10.6 Å². The van der Waals surface area contributed by atoms with Crippen LogP contribution in [-0.4, -0.2) is 19.3 Å². The van der Waals surface area contributed by atoms with Gasteiger partial charge in [0.2, 0.25) is 9.84 Å². The summed E-state index contributed by atoms with van der Waals surface area (Å²) in [5, 5.41) is 11.2. The lowest BCUT2D eigenvalue weighted by atomic mass is 10.2. The molecule has 0 saturated heterocycles. The van der Waals surface area contributed by atoms with Gasteiger partial charge in [0.05, 0.1) is 15.4 Å².